The number of nitrogens with zero attached hydrogens (tertiary/aromatic N) is 1. The van der Waals surface area contributed by atoms with Gasteiger partial charge in [0, 0.05) is 17.6 Å². The summed E-state index contributed by atoms with van der Waals surface area (Å²) in [6.45, 7) is 7.28. The Balaban J connectivity index is 1.89. The van der Waals surface area contributed by atoms with Crippen LogP contribution in [0, 0.1) is 6.92 Å². The maximum absolute atomic E-state index is 12.2. The second kappa shape index (κ2) is 6.59. The number of carbonyl (C=O) groups excluding carboxylic acids is 1. The molecule has 1 saturated heterocycles. The second-order valence-electron chi connectivity index (χ2n) is 5.26. The van der Waals surface area contributed by atoms with Gasteiger partial charge in [0.25, 0.3) is 5.91 Å². The number of halogens is 1. The van der Waals surface area contributed by atoms with Crippen molar-refractivity contribution in [3.63, 3.8) is 0 Å². The molecule has 0 saturated carbocycles. The van der Waals surface area contributed by atoms with Crippen LogP contribution >= 0.6 is 15.9 Å². The number of ether oxygens (including phenoxy) is 2. The first-order chi connectivity index (χ1) is 9.45. The van der Waals surface area contributed by atoms with Crippen LogP contribution in [0.25, 0.3) is 0 Å². The van der Waals surface area contributed by atoms with Crippen LogP contribution in [0.15, 0.2) is 22.7 Å². The van der Waals surface area contributed by atoms with Gasteiger partial charge in [-0.1, -0.05) is 15.9 Å². The van der Waals surface area contributed by atoms with Gasteiger partial charge in [-0.3, -0.25) is 4.79 Å². The molecule has 2 rings (SSSR count). The Morgan fingerprint density at radius 1 is 1.40 bits per heavy atom. The molecule has 20 heavy (non-hydrogen) atoms. The fourth-order valence-electron chi connectivity index (χ4n) is 2.32. The summed E-state index contributed by atoms with van der Waals surface area (Å²) in [6.07, 6.45) is 0.162. The van der Waals surface area contributed by atoms with E-state index >= 15 is 0 Å². The Labute approximate surface area is 128 Å². The van der Waals surface area contributed by atoms with E-state index in [1.165, 1.54) is 0 Å². The lowest BCUT2D eigenvalue weighted by atomic mass is 10.2. The molecule has 5 heteroatoms. The van der Waals surface area contributed by atoms with Crippen molar-refractivity contribution in [1.29, 1.82) is 0 Å². The van der Waals surface area contributed by atoms with Gasteiger partial charge < -0.3 is 14.4 Å². The molecule has 2 atom stereocenters. The highest BCUT2D eigenvalue weighted by molar-refractivity contribution is 9.10. The quantitative estimate of drug-likeness (QED) is 0.848. The summed E-state index contributed by atoms with van der Waals surface area (Å²) in [4.78, 5) is 14.0. The van der Waals surface area contributed by atoms with E-state index < -0.39 is 0 Å². The lowest BCUT2D eigenvalue weighted by Crippen LogP contribution is -2.49. The Morgan fingerprint density at radius 2 is 2.05 bits per heavy atom. The number of rotatable bonds is 3. The van der Waals surface area contributed by atoms with Crippen LogP contribution in [-0.2, 0) is 9.53 Å². The van der Waals surface area contributed by atoms with E-state index in [2.05, 4.69) is 15.9 Å². The molecular formula is C15H20BrNO3. The number of benzene rings is 1. The van der Waals surface area contributed by atoms with Gasteiger partial charge in [-0.15, -0.1) is 0 Å². The summed E-state index contributed by atoms with van der Waals surface area (Å²) in [5.41, 5.74) is 1.09. The molecule has 1 aromatic carbocycles. The van der Waals surface area contributed by atoms with Gasteiger partial charge in [0.2, 0.25) is 0 Å². The van der Waals surface area contributed by atoms with E-state index in [0.717, 1.165) is 10.0 Å². The van der Waals surface area contributed by atoms with Crippen molar-refractivity contribution >= 4 is 21.8 Å². The van der Waals surface area contributed by atoms with Crippen molar-refractivity contribution in [2.75, 3.05) is 19.7 Å². The van der Waals surface area contributed by atoms with E-state index in [1.54, 1.807) is 0 Å². The van der Waals surface area contributed by atoms with Crippen LogP contribution in [0.5, 0.6) is 5.75 Å². The maximum Gasteiger partial charge on any atom is 0.260 e. The Kier molecular flexibility index (Phi) is 5.05. The van der Waals surface area contributed by atoms with E-state index in [9.17, 15) is 4.79 Å². The first-order valence-electron chi connectivity index (χ1n) is 6.78. The normalized spacial score (nSPS) is 22.7. The standard InChI is InChI=1S/C15H20BrNO3/c1-10-6-13(4-5-14(10)16)19-9-15(18)17-7-11(2)20-12(3)8-17/h4-6,11-12H,7-9H2,1-3H3/t11-,12+. The smallest absolute Gasteiger partial charge is 0.260 e. The van der Waals surface area contributed by atoms with Crippen LogP contribution in [0.2, 0.25) is 0 Å². The van der Waals surface area contributed by atoms with Crippen molar-refractivity contribution in [1.82, 2.24) is 4.90 Å². The number of morpholine rings is 1. The number of aryl methyl sites for hydroxylation is 1. The molecule has 1 aliphatic rings. The SMILES string of the molecule is Cc1cc(OCC(=O)N2C[C@@H](C)O[C@@H](C)C2)ccc1Br. The van der Waals surface area contributed by atoms with Crippen LogP contribution in [0.1, 0.15) is 19.4 Å². The second-order valence-corrected chi connectivity index (χ2v) is 6.11. The molecule has 0 bridgehead atoms. The molecule has 1 aliphatic heterocycles. The zero-order valence-corrected chi connectivity index (χ0v) is 13.6. The highest BCUT2D eigenvalue weighted by Gasteiger charge is 2.25. The number of hydrogen-bond donors (Lipinski definition) is 0. The molecule has 0 N–H and O–H groups in total. The largest absolute Gasteiger partial charge is 0.484 e. The maximum atomic E-state index is 12.2. The Morgan fingerprint density at radius 3 is 2.65 bits per heavy atom. The summed E-state index contributed by atoms with van der Waals surface area (Å²) in [5.74, 6) is 0.723. The zero-order valence-electron chi connectivity index (χ0n) is 12.1. The summed E-state index contributed by atoms with van der Waals surface area (Å²) in [7, 11) is 0. The summed E-state index contributed by atoms with van der Waals surface area (Å²) >= 11 is 3.44. The summed E-state index contributed by atoms with van der Waals surface area (Å²) in [5, 5.41) is 0. The Bertz CT molecular complexity index is 482. The molecule has 0 aromatic heterocycles. The number of carbonyl (C=O) groups is 1. The molecule has 1 heterocycles. The molecule has 0 unspecified atom stereocenters. The summed E-state index contributed by atoms with van der Waals surface area (Å²) < 4.78 is 12.2. The average molecular weight is 342 g/mol. The average Bonchev–Trinajstić information content (AvgIpc) is 2.38. The van der Waals surface area contributed by atoms with Gasteiger partial charge in [0.05, 0.1) is 12.2 Å². The predicted octanol–water partition coefficient (Wildman–Crippen LogP) is 2.77. The Hall–Kier alpha value is -1.07. The number of amides is 1. The first kappa shape index (κ1) is 15.3. The van der Waals surface area contributed by atoms with Crippen molar-refractivity contribution in [3.8, 4) is 5.75 Å². The van der Waals surface area contributed by atoms with E-state index in [1.807, 2.05) is 43.9 Å². The molecule has 110 valence electrons. The van der Waals surface area contributed by atoms with Crippen molar-refractivity contribution in [3.05, 3.63) is 28.2 Å². The van der Waals surface area contributed by atoms with Crippen LogP contribution in [0.4, 0.5) is 0 Å². The minimum atomic E-state index is 0.00701. The third-order valence-corrected chi connectivity index (χ3v) is 4.15. The number of hydrogen-bond acceptors (Lipinski definition) is 3. The molecule has 0 aliphatic carbocycles. The topological polar surface area (TPSA) is 38.8 Å². The van der Waals surface area contributed by atoms with Crippen molar-refractivity contribution in [2.24, 2.45) is 0 Å². The lowest BCUT2D eigenvalue weighted by Gasteiger charge is -2.35. The third kappa shape index (κ3) is 3.96. The molecule has 1 fully saturated rings. The monoisotopic (exact) mass is 341 g/mol. The minimum absolute atomic E-state index is 0.00701. The van der Waals surface area contributed by atoms with E-state index in [4.69, 9.17) is 9.47 Å². The van der Waals surface area contributed by atoms with Gasteiger partial charge in [-0.25, -0.2) is 0 Å². The van der Waals surface area contributed by atoms with Crippen LogP contribution in [0.3, 0.4) is 0 Å². The molecule has 1 amide bonds. The first-order valence-corrected chi connectivity index (χ1v) is 7.57. The van der Waals surface area contributed by atoms with Gasteiger partial charge in [-0.2, -0.15) is 0 Å². The van der Waals surface area contributed by atoms with Crippen LogP contribution < -0.4 is 4.74 Å². The minimum Gasteiger partial charge on any atom is -0.484 e. The van der Waals surface area contributed by atoms with Crippen molar-refractivity contribution in [2.45, 2.75) is 33.0 Å². The fraction of sp³-hybridized carbons (Fsp3) is 0.533. The fourth-order valence-corrected chi connectivity index (χ4v) is 2.57. The molecule has 0 radical (unpaired) electrons. The molecule has 1 aromatic rings. The van der Waals surface area contributed by atoms with E-state index in [-0.39, 0.29) is 24.7 Å². The molecule has 4 nitrogen and oxygen atoms in total. The van der Waals surface area contributed by atoms with Gasteiger partial charge in [-0.05, 0) is 44.5 Å². The third-order valence-electron chi connectivity index (χ3n) is 3.26. The predicted molar refractivity (Wildman–Crippen MR) is 81.0 cm³/mol. The zero-order chi connectivity index (χ0) is 14.7. The van der Waals surface area contributed by atoms with E-state index in [0.29, 0.717) is 18.8 Å². The van der Waals surface area contributed by atoms with Crippen LogP contribution in [-0.4, -0.2) is 42.7 Å². The van der Waals surface area contributed by atoms with Gasteiger partial charge in [0.1, 0.15) is 5.75 Å². The van der Waals surface area contributed by atoms with Crippen molar-refractivity contribution < 1.29 is 14.3 Å². The molecular weight excluding hydrogens is 322 g/mol. The van der Waals surface area contributed by atoms with Gasteiger partial charge >= 0.3 is 0 Å². The lowest BCUT2D eigenvalue weighted by molar-refractivity contribution is -0.145. The van der Waals surface area contributed by atoms with Gasteiger partial charge in [0.15, 0.2) is 6.61 Å². The highest BCUT2D eigenvalue weighted by atomic mass is 79.9. The summed E-state index contributed by atoms with van der Waals surface area (Å²) in [6, 6.07) is 5.70. The highest BCUT2D eigenvalue weighted by Crippen LogP contribution is 2.21. The molecule has 0 spiro atoms.